The molecule has 0 aliphatic carbocycles. The molecule has 0 unspecified atom stereocenters. The fourth-order valence-corrected chi connectivity index (χ4v) is 3.06. The van der Waals surface area contributed by atoms with Gasteiger partial charge in [0, 0.05) is 5.69 Å². The van der Waals surface area contributed by atoms with Crippen LogP contribution in [0.2, 0.25) is 0 Å². The molecule has 0 heterocycles. The Morgan fingerprint density at radius 3 is 2.12 bits per heavy atom. The lowest BCUT2D eigenvalue weighted by atomic mass is 10.0. The summed E-state index contributed by atoms with van der Waals surface area (Å²) in [5.41, 5.74) is 0.428. The van der Waals surface area contributed by atoms with Crippen LogP contribution in [0.3, 0.4) is 0 Å². The smallest absolute Gasteiger partial charge is 0.254 e. The lowest BCUT2D eigenvalue weighted by molar-refractivity contribution is -0.118. The molecule has 3 aromatic rings. The molecule has 0 aliphatic rings. The lowest BCUT2D eigenvalue weighted by Gasteiger charge is -2.22. The zero-order chi connectivity index (χ0) is 23.1. The van der Waals surface area contributed by atoms with E-state index in [4.69, 9.17) is 9.47 Å². The highest BCUT2D eigenvalue weighted by atomic mass is 19.1. The summed E-state index contributed by atoms with van der Waals surface area (Å²) in [4.78, 5) is 25.2. The van der Waals surface area contributed by atoms with Crippen molar-refractivity contribution >= 4 is 17.5 Å². The van der Waals surface area contributed by atoms with Crippen LogP contribution in [0, 0.1) is 11.7 Å². The fraction of sp³-hybridized carbons (Fsp3) is 0.200. The molecule has 0 radical (unpaired) electrons. The molecule has 0 aliphatic heterocycles. The van der Waals surface area contributed by atoms with Gasteiger partial charge in [0.1, 0.15) is 17.6 Å². The van der Waals surface area contributed by atoms with Crippen LogP contribution >= 0.6 is 0 Å². The van der Waals surface area contributed by atoms with Gasteiger partial charge in [-0.2, -0.15) is 0 Å². The van der Waals surface area contributed by atoms with Gasteiger partial charge in [-0.05, 0) is 54.4 Å². The number of methoxy groups -OCH3 is 1. The van der Waals surface area contributed by atoms with Gasteiger partial charge in [0.15, 0.2) is 11.5 Å². The van der Waals surface area contributed by atoms with E-state index in [9.17, 15) is 14.0 Å². The van der Waals surface area contributed by atoms with Crippen molar-refractivity contribution in [1.29, 1.82) is 0 Å². The van der Waals surface area contributed by atoms with Crippen LogP contribution in [0.15, 0.2) is 72.8 Å². The quantitative estimate of drug-likeness (QED) is 0.520. The first-order valence-corrected chi connectivity index (χ1v) is 10.2. The van der Waals surface area contributed by atoms with Crippen LogP contribution in [0.5, 0.6) is 17.2 Å². The third-order valence-corrected chi connectivity index (χ3v) is 4.77. The predicted octanol–water partition coefficient (Wildman–Crippen LogP) is 5.02. The number of anilines is 1. The van der Waals surface area contributed by atoms with Gasteiger partial charge in [-0.15, -0.1) is 0 Å². The summed E-state index contributed by atoms with van der Waals surface area (Å²) in [6.45, 7) is 3.60. The zero-order valence-corrected chi connectivity index (χ0v) is 18.1. The number of halogens is 1. The van der Waals surface area contributed by atoms with Crippen LogP contribution in [0.4, 0.5) is 10.1 Å². The van der Waals surface area contributed by atoms with Gasteiger partial charge in [-0.25, -0.2) is 4.39 Å². The molecule has 0 saturated heterocycles. The molecule has 3 aromatic carbocycles. The minimum absolute atomic E-state index is 0.108. The van der Waals surface area contributed by atoms with E-state index in [2.05, 4.69) is 10.6 Å². The van der Waals surface area contributed by atoms with Crippen LogP contribution in [-0.2, 0) is 4.79 Å². The van der Waals surface area contributed by atoms with Crippen molar-refractivity contribution < 1.29 is 23.5 Å². The molecule has 0 fully saturated rings. The van der Waals surface area contributed by atoms with E-state index in [0.29, 0.717) is 22.9 Å². The fourth-order valence-electron chi connectivity index (χ4n) is 3.06. The minimum Gasteiger partial charge on any atom is -0.493 e. The largest absolute Gasteiger partial charge is 0.493 e. The van der Waals surface area contributed by atoms with Crippen molar-refractivity contribution in [2.24, 2.45) is 5.92 Å². The van der Waals surface area contributed by atoms with Gasteiger partial charge in [0.2, 0.25) is 5.91 Å². The van der Waals surface area contributed by atoms with Crippen LogP contribution in [0.1, 0.15) is 24.2 Å². The van der Waals surface area contributed by atoms with Crippen molar-refractivity contribution in [1.82, 2.24) is 5.32 Å². The Bertz CT molecular complexity index is 1080. The molecule has 6 nitrogen and oxygen atoms in total. The Hall–Kier alpha value is -3.87. The molecular weight excluding hydrogens is 411 g/mol. The highest BCUT2D eigenvalue weighted by Crippen LogP contribution is 2.31. The number of para-hydroxylation sites is 2. The van der Waals surface area contributed by atoms with Gasteiger partial charge in [-0.3, -0.25) is 9.59 Å². The Morgan fingerprint density at radius 1 is 0.875 bits per heavy atom. The number of ether oxygens (including phenoxy) is 2. The molecule has 166 valence electrons. The predicted molar refractivity (Wildman–Crippen MR) is 121 cm³/mol. The highest BCUT2D eigenvalue weighted by molar-refractivity contribution is 6.01. The van der Waals surface area contributed by atoms with Gasteiger partial charge >= 0.3 is 0 Å². The van der Waals surface area contributed by atoms with E-state index in [-0.39, 0.29) is 11.5 Å². The number of amides is 2. The molecule has 32 heavy (non-hydrogen) atoms. The summed E-state index contributed by atoms with van der Waals surface area (Å²) in [6.07, 6.45) is 0. The number of carbonyl (C=O) groups excluding carboxylic acids is 2. The maximum atomic E-state index is 13.9. The molecule has 7 heteroatoms. The van der Waals surface area contributed by atoms with Crippen molar-refractivity contribution in [2.45, 2.75) is 19.9 Å². The van der Waals surface area contributed by atoms with Gasteiger partial charge < -0.3 is 20.1 Å². The van der Waals surface area contributed by atoms with E-state index in [1.54, 1.807) is 63.4 Å². The average molecular weight is 436 g/mol. The molecular formula is C25H25FN2O4. The standard InChI is InChI=1S/C25H25FN2O4/c1-16(2)23(28-24(29)19-8-4-5-9-20(19)26)25(30)27-17-12-14-18(15-13-17)32-22-11-7-6-10-21(22)31-3/h4-16,23H,1-3H3,(H,27,30)(H,28,29)/t23-/m0/s1. The second kappa shape index (κ2) is 10.4. The topological polar surface area (TPSA) is 76.7 Å². The normalized spacial score (nSPS) is 11.5. The van der Waals surface area contributed by atoms with Gasteiger partial charge in [0.25, 0.3) is 5.91 Å². The Kier molecular flexibility index (Phi) is 7.44. The number of nitrogens with one attached hydrogen (secondary N) is 2. The van der Waals surface area contributed by atoms with Crippen molar-refractivity contribution in [3.8, 4) is 17.2 Å². The maximum absolute atomic E-state index is 13.9. The first-order chi connectivity index (χ1) is 15.4. The van der Waals surface area contributed by atoms with E-state index in [0.717, 1.165) is 0 Å². The number of benzene rings is 3. The summed E-state index contributed by atoms with van der Waals surface area (Å²) >= 11 is 0. The molecule has 2 N–H and O–H groups in total. The number of carbonyl (C=O) groups is 2. The van der Waals surface area contributed by atoms with Crippen molar-refractivity contribution in [3.05, 3.63) is 84.2 Å². The Morgan fingerprint density at radius 2 is 1.50 bits per heavy atom. The molecule has 3 rings (SSSR count). The molecule has 0 aromatic heterocycles. The van der Waals surface area contributed by atoms with E-state index >= 15 is 0 Å². The average Bonchev–Trinajstić information content (AvgIpc) is 2.79. The van der Waals surface area contributed by atoms with E-state index < -0.39 is 23.7 Å². The second-order valence-corrected chi connectivity index (χ2v) is 7.44. The van der Waals surface area contributed by atoms with Gasteiger partial charge in [0.05, 0.1) is 12.7 Å². The third-order valence-electron chi connectivity index (χ3n) is 4.77. The number of rotatable bonds is 8. The van der Waals surface area contributed by atoms with Crippen LogP contribution in [0.25, 0.3) is 0 Å². The molecule has 1 atom stereocenters. The van der Waals surface area contributed by atoms with Crippen molar-refractivity contribution in [2.75, 3.05) is 12.4 Å². The number of hydrogen-bond donors (Lipinski definition) is 2. The van der Waals surface area contributed by atoms with Crippen molar-refractivity contribution in [3.63, 3.8) is 0 Å². The monoisotopic (exact) mass is 436 g/mol. The minimum atomic E-state index is -0.841. The first-order valence-electron chi connectivity index (χ1n) is 10.2. The zero-order valence-electron chi connectivity index (χ0n) is 18.1. The molecule has 0 saturated carbocycles. The Balaban J connectivity index is 1.66. The summed E-state index contributed by atoms with van der Waals surface area (Å²) in [7, 11) is 1.57. The third kappa shape index (κ3) is 5.63. The summed E-state index contributed by atoms with van der Waals surface area (Å²) in [5.74, 6) is -0.142. The van der Waals surface area contributed by atoms with Crippen LogP contribution in [-0.4, -0.2) is 25.0 Å². The molecule has 0 spiro atoms. The molecule has 0 bridgehead atoms. The second-order valence-electron chi connectivity index (χ2n) is 7.44. The number of hydrogen-bond acceptors (Lipinski definition) is 4. The first kappa shape index (κ1) is 22.8. The summed E-state index contributed by atoms with van der Waals surface area (Å²) in [6, 6.07) is 18.9. The maximum Gasteiger partial charge on any atom is 0.254 e. The molecule has 2 amide bonds. The summed E-state index contributed by atoms with van der Waals surface area (Å²) < 4.78 is 25.0. The van der Waals surface area contributed by atoms with Crippen LogP contribution < -0.4 is 20.1 Å². The highest BCUT2D eigenvalue weighted by Gasteiger charge is 2.25. The lowest BCUT2D eigenvalue weighted by Crippen LogP contribution is -2.47. The van der Waals surface area contributed by atoms with E-state index in [1.165, 1.54) is 18.2 Å². The van der Waals surface area contributed by atoms with E-state index in [1.807, 2.05) is 12.1 Å². The Labute approximate surface area is 186 Å². The summed E-state index contributed by atoms with van der Waals surface area (Å²) in [5, 5.41) is 5.40. The SMILES string of the molecule is COc1ccccc1Oc1ccc(NC(=O)[C@@H](NC(=O)c2ccccc2F)C(C)C)cc1. The van der Waals surface area contributed by atoms with Gasteiger partial charge in [-0.1, -0.05) is 38.1 Å².